The Kier molecular flexibility index (Phi) is 5.50. The Morgan fingerprint density at radius 1 is 1.15 bits per heavy atom. The molecule has 0 N–H and O–H groups in total. The molecule has 0 saturated carbocycles. The average Bonchev–Trinajstić information content (AvgIpc) is 3.53. The van der Waals surface area contributed by atoms with Gasteiger partial charge in [-0.25, -0.2) is 4.98 Å². The Hall–Kier alpha value is -3.81. The lowest BCUT2D eigenvalue weighted by Gasteiger charge is -2.37. The molecule has 5 rings (SSSR count). The summed E-state index contributed by atoms with van der Waals surface area (Å²) in [5.74, 6) is 1.86. The number of benzene rings is 1. The molecule has 170 valence electrons. The maximum Gasteiger partial charge on any atom is 0.257 e. The van der Waals surface area contributed by atoms with E-state index in [2.05, 4.69) is 18.7 Å². The highest BCUT2D eigenvalue weighted by atomic mass is 16.5. The summed E-state index contributed by atoms with van der Waals surface area (Å²) in [6, 6.07) is 11.6. The Labute approximate surface area is 192 Å². The number of aryl methyl sites for hydroxylation is 1. The summed E-state index contributed by atoms with van der Waals surface area (Å²) in [6.07, 6.45) is 3.89. The first-order valence-corrected chi connectivity index (χ1v) is 11.2. The van der Waals surface area contributed by atoms with Crippen molar-refractivity contribution >= 4 is 17.4 Å². The molecule has 8 nitrogen and oxygen atoms in total. The average molecular weight is 446 g/mol. The number of fused-ring (bicyclic) bond motifs is 1. The highest BCUT2D eigenvalue weighted by molar-refractivity contribution is 5.94. The molecule has 33 heavy (non-hydrogen) atoms. The fourth-order valence-corrected chi connectivity index (χ4v) is 4.49. The number of amides is 1. The molecule has 0 bridgehead atoms. The minimum Gasteiger partial charge on any atom is -0.497 e. The maximum absolute atomic E-state index is 12.7. The van der Waals surface area contributed by atoms with E-state index in [4.69, 9.17) is 19.2 Å². The number of carbonyl (C=O) groups is 1. The number of carbonyl (C=O) groups excluding carboxylic acids is 1. The maximum atomic E-state index is 12.7. The molecular formula is C25H27N5O3. The molecule has 1 saturated heterocycles. The van der Waals surface area contributed by atoms with Gasteiger partial charge >= 0.3 is 0 Å². The van der Waals surface area contributed by atoms with Crippen LogP contribution >= 0.6 is 0 Å². The largest absolute Gasteiger partial charge is 0.497 e. The van der Waals surface area contributed by atoms with Gasteiger partial charge in [0.1, 0.15) is 17.8 Å². The standard InChI is InChI=1S/C25H27N5O3/c1-4-21-17(2)26-23-15-22(18-6-5-7-20(14-18)32-3)27-30(23)24(21)28-9-11-29(12-10-28)25(31)19-8-13-33-16-19/h5-8,13-16H,4,9-12H2,1-3H3. The van der Waals surface area contributed by atoms with Crippen molar-refractivity contribution in [3.8, 4) is 17.0 Å². The summed E-state index contributed by atoms with van der Waals surface area (Å²) in [4.78, 5) is 21.8. The van der Waals surface area contributed by atoms with Crippen LogP contribution in [0.25, 0.3) is 16.9 Å². The van der Waals surface area contributed by atoms with Crippen LogP contribution in [0.3, 0.4) is 0 Å². The van der Waals surface area contributed by atoms with Gasteiger partial charge in [-0.05, 0) is 31.5 Å². The van der Waals surface area contributed by atoms with Crippen LogP contribution in [0, 0.1) is 6.92 Å². The van der Waals surface area contributed by atoms with Crippen molar-refractivity contribution in [3.63, 3.8) is 0 Å². The predicted molar refractivity (Wildman–Crippen MR) is 126 cm³/mol. The molecule has 0 unspecified atom stereocenters. The SMILES string of the molecule is CCc1c(C)nc2cc(-c3cccc(OC)c3)nn2c1N1CCN(C(=O)c2ccoc2)CC1. The van der Waals surface area contributed by atoms with E-state index in [1.807, 2.05) is 39.7 Å². The van der Waals surface area contributed by atoms with E-state index in [0.29, 0.717) is 18.7 Å². The van der Waals surface area contributed by atoms with Gasteiger partial charge in [0.15, 0.2) is 5.65 Å². The zero-order valence-corrected chi connectivity index (χ0v) is 19.1. The van der Waals surface area contributed by atoms with Crippen molar-refractivity contribution in [1.29, 1.82) is 0 Å². The summed E-state index contributed by atoms with van der Waals surface area (Å²) in [6.45, 7) is 6.93. The number of ether oxygens (including phenoxy) is 1. The first-order chi connectivity index (χ1) is 16.1. The van der Waals surface area contributed by atoms with Gasteiger partial charge in [-0.1, -0.05) is 19.1 Å². The summed E-state index contributed by atoms with van der Waals surface area (Å²) in [5, 5.41) is 4.94. The molecule has 8 heteroatoms. The first kappa shape index (κ1) is 21.1. The number of hydrogen-bond acceptors (Lipinski definition) is 6. The van der Waals surface area contributed by atoms with Crippen LogP contribution in [-0.4, -0.2) is 58.7 Å². The second-order valence-corrected chi connectivity index (χ2v) is 8.18. The number of aromatic nitrogens is 3. The zero-order valence-electron chi connectivity index (χ0n) is 19.1. The number of hydrogen-bond donors (Lipinski definition) is 0. The summed E-state index contributed by atoms with van der Waals surface area (Å²) in [5.41, 5.74) is 5.43. The number of nitrogens with zero attached hydrogens (tertiary/aromatic N) is 5. The van der Waals surface area contributed by atoms with E-state index in [-0.39, 0.29) is 5.91 Å². The Bertz CT molecular complexity index is 1290. The van der Waals surface area contributed by atoms with Crippen molar-refractivity contribution in [2.75, 3.05) is 38.2 Å². The molecule has 1 aliphatic rings. The second-order valence-electron chi connectivity index (χ2n) is 8.18. The van der Waals surface area contributed by atoms with Crippen molar-refractivity contribution in [3.05, 3.63) is 65.7 Å². The van der Waals surface area contributed by atoms with E-state index in [9.17, 15) is 4.79 Å². The van der Waals surface area contributed by atoms with Crippen LogP contribution in [0.2, 0.25) is 0 Å². The lowest BCUT2D eigenvalue weighted by atomic mass is 10.1. The van der Waals surface area contributed by atoms with Gasteiger partial charge in [0, 0.05) is 49.1 Å². The minimum absolute atomic E-state index is 0.00886. The number of furan rings is 1. The van der Waals surface area contributed by atoms with E-state index < -0.39 is 0 Å². The third-order valence-corrected chi connectivity index (χ3v) is 6.23. The van der Waals surface area contributed by atoms with Crippen LogP contribution in [-0.2, 0) is 6.42 Å². The number of rotatable bonds is 5. The van der Waals surface area contributed by atoms with Gasteiger partial charge in [-0.2, -0.15) is 9.61 Å². The lowest BCUT2D eigenvalue weighted by molar-refractivity contribution is 0.0745. The topological polar surface area (TPSA) is 76.1 Å². The zero-order chi connectivity index (χ0) is 22.9. The van der Waals surface area contributed by atoms with E-state index >= 15 is 0 Å². The third kappa shape index (κ3) is 3.82. The molecule has 1 aromatic carbocycles. The quantitative estimate of drug-likeness (QED) is 0.465. The van der Waals surface area contributed by atoms with Crippen molar-refractivity contribution < 1.29 is 13.9 Å². The molecular weight excluding hydrogens is 418 g/mol. The molecule has 4 aromatic rings. The van der Waals surface area contributed by atoms with Crippen molar-refractivity contribution in [2.45, 2.75) is 20.3 Å². The van der Waals surface area contributed by atoms with Gasteiger partial charge < -0.3 is 19.0 Å². The summed E-state index contributed by atoms with van der Waals surface area (Å²) >= 11 is 0. The minimum atomic E-state index is 0.00886. The van der Waals surface area contributed by atoms with Gasteiger partial charge in [0.2, 0.25) is 0 Å². The van der Waals surface area contributed by atoms with E-state index in [1.54, 1.807) is 13.2 Å². The fourth-order valence-electron chi connectivity index (χ4n) is 4.49. The molecule has 4 heterocycles. The lowest BCUT2D eigenvalue weighted by Crippen LogP contribution is -2.49. The molecule has 0 radical (unpaired) electrons. The third-order valence-electron chi connectivity index (χ3n) is 6.23. The van der Waals surface area contributed by atoms with Gasteiger partial charge in [0.25, 0.3) is 5.91 Å². The second kappa shape index (κ2) is 8.61. The van der Waals surface area contributed by atoms with Crippen LogP contribution in [0.5, 0.6) is 5.75 Å². The fraction of sp³-hybridized carbons (Fsp3) is 0.320. The highest BCUT2D eigenvalue weighted by Crippen LogP contribution is 2.30. The molecule has 0 spiro atoms. The van der Waals surface area contributed by atoms with Crippen LogP contribution in [0.4, 0.5) is 5.82 Å². The van der Waals surface area contributed by atoms with E-state index in [1.165, 1.54) is 18.1 Å². The van der Waals surface area contributed by atoms with Gasteiger partial charge in [-0.15, -0.1) is 0 Å². The Morgan fingerprint density at radius 2 is 1.97 bits per heavy atom. The predicted octanol–water partition coefficient (Wildman–Crippen LogP) is 3.83. The molecule has 3 aromatic heterocycles. The number of methoxy groups -OCH3 is 1. The Morgan fingerprint density at radius 3 is 2.67 bits per heavy atom. The van der Waals surface area contributed by atoms with Crippen molar-refractivity contribution in [1.82, 2.24) is 19.5 Å². The van der Waals surface area contributed by atoms with Crippen molar-refractivity contribution in [2.24, 2.45) is 0 Å². The van der Waals surface area contributed by atoms with Gasteiger partial charge in [-0.3, -0.25) is 4.79 Å². The molecule has 1 amide bonds. The van der Waals surface area contributed by atoms with Crippen LogP contribution in [0.1, 0.15) is 28.5 Å². The normalized spacial score (nSPS) is 14.2. The smallest absolute Gasteiger partial charge is 0.257 e. The molecule has 1 aliphatic heterocycles. The summed E-state index contributed by atoms with van der Waals surface area (Å²) in [7, 11) is 1.66. The first-order valence-electron chi connectivity index (χ1n) is 11.2. The molecule has 0 aliphatic carbocycles. The van der Waals surface area contributed by atoms with Crippen LogP contribution in [0.15, 0.2) is 53.3 Å². The number of anilines is 1. The van der Waals surface area contributed by atoms with Gasteiger partial charge in [0.05, 0.1) is 24.6 Å². The molecule has 1 fully saturated rings. The van der Waals surface area contributed by atoms with Crippen LogP contribution < -0.4 is 9.64 Å². The van der Waals surface area contributed by atoms with E-state index in [0.717, 1.165) is 53.7 Å². The Balaban J connectivity index is 1.49. The molecule has 0 atom stereocenters. The number of piperazine rings is 1. The highest BCUT2D eigenvalue weighted by Gasteiger charge is 2.27. The summed E-state index contributed by atoms with van der Waals surface area (Å²) < 4.78 is 12.4. The monoisotopic (exact) mass is 445 g/mol.